The number of anilines is 1. The first kappa shape index (κ1) is 13.3. The summed E-state index contributed by atoms with van der Waals surface area (Å²) in [6, 6.07) is 3.80. The summed E-state index contributed by atoms with van der Waals surface area (Å²) in [5.41, 5.74) is 1.46. The van der Waals surface area contributed by atoms with Crippen molar-refractivity contribution >= 4 is 11.7 Å². The van der Waals surface area contributed by atoms with E-state index in [1.807, 2.05) is 17.9 Å². The molecule has 0 saturated carbocycles. The van der Waals surface area contributed by atoms with E-state index in [-0.39, 0.29) is 11.9 Å². The van der Waals surface area contributed by atoms with Gasteiger partial charge < -0.3 is 10.2 Å². The fourth-order valence-corrected chi connectivity index (χ4v) is 2.52. The van der Waals surface area contributed by atoms with Crippen molar-refractivity contribution in [1.82, 2.24) is 10.3 Å². The number of carbonyl (C=O) groups excluding carboxylic acids is 1. The molecule has 1 aromatic rings. The number of nitrogens with one attached hydrogen (secondary N) is 1. The Labute approximate surface area is 113 Å². The van der Waals surface area contributed by atoms with E-state index in [1.54, 1.807) is 13.2 Å². The van der Waals surface area contributed by atoms with Gasteiger partial charge in [-0.15, -0.1) is 0 Å². The van der Waals surface area contributed by atoms with Gasteiger partial charge in [-0.3, -0.25) is 4.79 Å². The highest BCUT2D eigenvalue weighted by Crippen LogP contribution is 2.27. The predicted molar refractivity (Wildman–Crippen MR) is 72.7 cm³/mol. The van der Waals surface area contributed by atoms with E-state index in [9.17, 15) is 10.1 Å². The van der Waals surface area contributed by atoms with Crippen LogP contribution in [0.4, 0.5) is 5.82 Å². The van der Waals surface area contributed by atoms with Gasteiger partial charge in [-0.1, -0.05) is 0 Å². The van der Waals surface area contributed by atoms with Gasteiger partial charge >= 0.3 is 0 Å². The van der Waals surface area contributed by atoms with Gasteiger partial charge in [0.05, 0.1) is 5.56 Å². The van der Waals surface area contributed by atoms with Gasteiger partial charge in [0.2, 0.25) is 5.91 Å². The number of piperidine rings is 1. The van der Waals surface area contributed by atoms with Crippen LogP contribution in [0.25, 0.3) is 0 Å². The summed E-state index contributed by atoms with van der Waals surface area (Å²) in [6.07, 6.45) is 4.55. The number of nitriles is 1. The highest BCUT2D eigenvalue weighted by atomic mass is 16.2. The van der Waals surface area contributed by atoms with Crippen LogP contribution in [0.15, 0.2) is 12.3 Å². The van der Waals surface area contributed by atoms with Crippen LogP contribution in [0.2, 0.25) is 0 Å². The Kier molecular flexibility index (Phi) is 4.00. The van der Waals surface area contributed by atoms with Crippen molar-refractivity contribution in [2.24, 2.45) is 0 Å². The van der Waals surface area contributed by atoms with Crippen molar-refractivity contribution in [3.8, 4) is 6.07 Å². The van der Waals surface area contributed by atoms with E-state index < -0.39 is 0 Å². The number of aryl methyl sites for hydroxylation is 1. The van der Waals surface area contributed by atoms with Crippen molar-refractivity contribution in [2.75, 3.05) is 18.5 Å². The Hall–Kier alpha value is -2.09. The molecule has 0 radical (unpaired) electrons. The first-order valence-corrected chi connectivity index (χ1v) is 6.53. The third-order valence-electron chi connectivity index (χ3n) is 3.58. The predicted octanol–water partition coefficient (Wildman–Crippen LogP) is 1.37. The van der Waals surface area contributed by atoms with E-state index in [2.05, 4.69) is 16.4 Å². The normalized spacial score (nSPS) is 18.8. The van der Waals surface area contributed by atoms with Crippen LogP contribution in [0.3, 0.4) is 0 Å². The average Bonchev–Trinajstić information content (AvgIpc) is 2.46. The summed E-state index contributed by atoms with van der Waals surface area (Å²) in [6.45, 7) is 2.66. The van der Waals surface area contributed by atoms with Crippen molar-refractivity contribution in [2.45, 2.75) is 32.2 Å². The monoisotopic (exact) mass is 258 g/mol. The van der Waals surface area contributed by atoms with Gasteiger partial charge in [-0.2, -0.15) is 5.26 Å². The van der Waals surface area contributed by atoms with Crippen LogP contribution in [0.1, 0.15) is 30.4 Å². The van der Waals surface area contributed by atoms with Crippen molar-refractivity contribution in [3.05, 3.63) is 23.4 Å². The molecule has 0 spiro atoms. The highest BCUT2D eigenvalue weighted by Gasteiger charge is 2.30. The minimum atomic E-state index is -0.222. The maximum atomic E-state index is 12.0. The van der Waals surface area contributed by atoms with Crippen molar-refractivity contribution < 1.29 is 4.79 Å². The van der Waals surface area contributed by atoms with Crippen LogP contribution in [0.5, 0.6) is 0 Å². The summed E-state index contributed by atoms with van der Waals surface area (Å²) in [5.74, 6) is 0.627. The largest absolute Gasteiger partial charge is 0.357 e. The zero-order valence-electron chi connectivity index (χ0n) is 11.3. The molecule has 1 saturated heterocycles. The lowest BCUT2D eigenvalue weighted by Gasteiger charge is -2.35. The first-order chi connectivity index (χ1) is 9.19. The second kappa shape index (κ2) is 5.70. The Balaban J connectivity index is 2.41. The average molecular weight is 258 g/mol. The minimum absolute atomic E-state index is 0.00750. The van der Waals surface area contributed by atoms with Crippen LogP contribution in [0, 0.1) is 18.3 Å². The first-order valence-electron chi connectivity index (χ1n) is 6.53. The Morgan fingerprint density at radius 3 is 3.05 bits per heavy atom. The maximum Gasteiger partial charge on any atom is 0.242 e. The maximum absolute atomic E-state index is 12.0. The zero-order valence-corrected chi connectivity index (χ0v) is 11.3. The highest BCUT2D eigenvalue weighted by molar-refractivity contribution is 5.85. The standard InChI is InChI=1S/C14H18N4O/c1-10-6-7-17-13(11(10)9-15)18-8-4-3-5-12(18)14(19)16-2/h6-7,12H,3-5,8H2,1-2H3,(H,16,19). The molecule has 1 unspecified atom stereocenters. The van der Waals surface area contributed by atoms with Gasteiger partial charge in [0.25, 0.3) is 0 Å². The molecular formula is C14H18N4O. The van der Waals surface area contributed by atoms with Crippen LogP contribution in [-0.4, -0.2) is 30.5 Å². The topological polar surface area (TPSA) is 69.0 Å². The van der Waals surface area contributed by atoms with Gasteiger partial charge in [0, 0.05) is 19.8 Å². The summed E-state index contributed by atoms with van der Waals surface area (Å²) >= 11 is 0. The van der Waals surface area contributed by atoms with Crippen molar-refractivity contribution in [3.63, 3.8) is 0 Å². The Bertz CT molecular complexity index is 521. The summed E-state index contributed by atoms with van der Waals surface area (Å²) in [7, 11) is 1.64. The van der Waals surface area contributed by atoms with E-state index >= 15 is 0 Å². The molecule has 19 heavy (non-hydrogen) atoms. The lowest BCUT2D eigenvalue weighted by atomic mass is 10.00. The summed E-state index contributed by atoms with van der Waals surface area (Å²) in [5, 5.41) is 12.0. The molecule has 2 rings (SSSR count). The van der Waals surface area contributed by atoms with E-state index in [0.717, 1.165) is 31.4 Å². The second-order valence-electron chi connectivity index (χ2n) is 4.76. The fraction of sp³-hybridized carbons (Fsp3) is 0.500. The quantitative estimate of drug-likeness (QED) is 0.869. The number of likely N-dealkylation sites (N-methyl/N-ethyl adjacent to an activating group) is 1. The molecule has 5 nitrogen and oxygen atoms in total. The van der Waals surface area contributed by atoms with Gasteiger partial charge in [-0.25, -0.2) is 4.98 Å². The number of aromatic nitrogens is 1. The third kappa shape index (κ3) is 2.53. The number of hydrogen-bond donors (Lipinski definition) is 1. The molecule has 1 aromatic heterocycles. The SMILES string of the molecule is CNC(=O)C1CCCCN1c1nccc(C)c1C#N. The molecule has 0 aliphatic carbocycles. The molecule has 100 valence electrons. The number of nitrogens with zero attached hydrogens (tertiary/aromatic N) is 3. The molecule has 1 aliphatic heterocycles. The van der Waals surface area contributed by atoms with Crippen molar-refractivity contribution in [1.29, 1.82) is 5.26 Å². The molecule has 1 N–H and O–H groups in total. The third-order valence-corrected chi connectivity index (χ3v) is 3.58. The molecule has 0 aromatic carbocycles. The minimum Gasteiger partial charge on any atom is -0.357 e. The van der Waals surface area contributed by atoms with E-state index in [1.165, 1.54) is 0 Å². The molecule has 2 heterocycles. The second-order valence-corrected chi connectivity index (χ2v) is 4.76. The van der Waals surface area contributed by atoms with Crippen LogP contribution in [-0.2, 0) is 4.79 Å². The smallest absolute Gasteiger partial charge is 0.242 e. The number of amides is 1. The van der Waals surface area contributed by atoms with Gasteiger partial charge in [0.15, 0.2) is 0 Å². The Morgan fingerprint density at radius 1 is 1.58 bits per heavy atom. The molecule has 1 atom stereocenters. The summed E-state index contributed by atoms with van der Waals surface area (Å²) in [4.78, 5) is 18.3. The Morgan fingerprint density at radius 2 is 2.37 bits per heavy atom. The number of rotatable bonds is 2. The zero-order chi connectivity index (χ0) is 13.8. The van der Waals surface area contributed by atoms with Crippen LogP contribution < -0.4 is 10.2 Å². The van der Waals surface area contributed by atoms with E-state index in [0.29, 0.717) is 11.4 Å². The van der Waals surface area contributed by atoms with Gasteiger partial charge in [-0.05, 0) is 37.8 Å². The number of pyridine rings is 1. The summed E-state index contributed by atoms with van der Waals surface area (Å²) < 4.78 is 0. The van der Waals surface area contributed by atoms with Gasteiger partial charge in [0.1, 0.15) is 17.9 Å². The molecule has 0 bridgehead atoms. The fourth-order valence-electron chi connectivity index (χ4n) is 2.52. The molecular weight excluding hydrogens is 240 g/mol. The molecule has 1 aliphatic rings. The molecule has 1 amide bonds. The lowest BCUT2D eigenvalue weighted by Crippen LogP contribution is -2.49. The lowest BCUT2D eigenvalue weighted by molar-refractivity contribution is -0.122. The molecule has 1 fully saturated rings. The number of hydrogen-bond acceptors (Lipinski definition) is 4. The van der Waals surface area contributed by atoms with E-state index in [4.69, 9.17) is 0 Å². The van der Waals surface area contributed by atoms with Crippen LogP contribution >= 0.6 is 0 Å². The molecule has 5 heteroatoms. The number of carbonyl (C=O) groups is 1.